The molecule has 0 aliphatic carbocycles. The standard InChI is InChI=1S/C18H18ClN3O5S/c1-20-15-9-8-14(10-16(15)21(2)18(20)24)28(25,26)22(11-17(23)27-3)13-6-4-12(19)5-7-13/h4-10H,11H2,1-3H3. The number of nitrogens with zero attached hydrogens (tertiary/aromatic N) is 3. The van der Waals surface area contributed by atoms with E-state index in [-0.39, 0.29) is 16.3 Å². The first-order valence-corrected chi connectivity index (χ1v) is 9.99. The molecule has 1 heterocycles. The summed E-state index contributed by atoms with van der Waals surface area (Å²) in [7, 11) is 0.231. The average Bonchev–Trinajstić information content (AvgIpc) is 2.90. The second kappa shape index (κ2) is 7.33. The first kappa shape index (κ1) is 20.0. The van der Waals surface area contributed by atoms with Crippen LogP contribution >= 0.6 is 11.6 Å². The van der Waals surface area contributed by atoms with Crippen LogP contribution < -0.4 is 9.99 Å². The zero-order valence-corrected chi connectivity index (χ0v) is 17.0. The van der Waals surface area contributed by atoms with Gasteiger partial charge in [0, 0.05) is 19.1 Å². The number of sulfonamides is 1. The number of imidazole rings is 1. The van der Waals surface area contributed by atoms with Crippen molar-refractivity contribution in [3.8, 4) is 0 Å². The van der Waals surface area contributed by atoms with E-state index in [2.05, 4.69) is 4.74 Å². The summed E-state index contributed by atoms with van der Waals surface area (Å²) in [5.74, 6) is -0.716. The van der Waals surface area contributed by atoms with E-state index in [9.17, 15) is 18.0 Å². The van der Waals surface area contributed by atoms with Crippen molar-refractivity contribution in [3.05, 3.63) is 58.0 Å². The molecule has 0 saturated heterocycles. The fourth-order valence-electron chi connectivity index (χ4n) is 2.88. The molecule has 0 fully saturated rings. The molecule has 0 aliphatic rings. The Morgan fingerprint density at radius 2 is 1.68 bits per heavy atom. The summed E-state index contributed by atoms with van der Waals surface area (Å²) >= 11 is 5.89. The van der Waals surface area contributed by atoms with Gasteiger partial charge in [-0.05, 0) is 42.5 Å². The lowest BCUT2D eigenvalue weighted by atomic mass is 10.3. The molecule has 1 aromatic heterocycles. The second-order valence-electron chi connectivity index (χ2n) is 6.12. The third-order valence-corrected chi connectivity index (χ3v) is 6.47. The van der Waals surface area contributed by atoms with Crippen molar-refractivity contribution in [2.45, 2.75) is 4.90 Å². The van der Waals surface area contributed by atoms with Crippen LogP contribution in [0, 0.1) is 0 Å². The third kappa shape index (κ3) is 3.38. The Bertz CT molecular complexity index is 1210. The van der Waals surface area contributed by atoms with E-state index in [1.54, 1.807) is 20.2 Å². The van der Waals surface area contributed by atoms with Crippen LogP contribution in [0.2, 0.25) is 5.02 Å². The van der Waals surface area contributed by atoms with E-state index >= 15 is 0 Å². The van der Waals surface area contributed by atoms with E-state index in [0.717, 1.165) is 4.31 Å². The van der Waals surface area contributed by atoms with Crippen LogP contribution in [0.1, 0.15) is 0 Å². The zero-order chi connectivity index (χ0) is 20.6. The Labute approximate surface area is 166 Å². The number of hydrogen-bond donors (Lipinski definition) is 0. The molecule has 0 aliphatic heterocycles. The number of carbonyl (C=O) groups excluding carboxylic acids is 1. The maximum absolute atomic E-state index is 13.3. The van der Waals surface area contributed by atoms with Gasteiger partial charge in [0.1, 0.15) is 6.54 Å². The highest BCUT2D eigenvalue weighted by Crippen LogP contribution is 2.27. The van der Waals surface area contributed by atoms with Gasteiger partial charge in [-0.15, -0.1) is 0 Å². The second-order valence-corrected chi connectivity index (χ2v) is 8.41. The molecule has 10 heteroatoms. The maximum Gasteiger partial charge on any atom is 0.328 e. The Hall–Kier alpha value is -2.78. The summed E-state index contributed by atoms with van der Waals surface area (Å²) in [6, 6.07) is 10.4. The number of ether oxygens (including phenoxy) is 1. The highest BCUT2D eigenvalue weighted by Gasteiger charge is 2.28. The first-order valence-electron chi connectivity index (χ1n) is 8.17. The van der Waals surface area contributed by atoms with Crippen LogP contribution in [0.15, 0.2) is 52.2 Å². The van der Waals surface area contributed by atoms with Crippen LogP contribution in [0.4, 0.5) is 5.69 Å². The molecular formula is C18H18ClN3O5S. The minimum Gasteiger partial charge on any atom is -0.468 e. The van der Waals surface area contributed by atoms with Gasteiger partial charge in [0.2, 0.25) is 0 Å². The summed E-state index contributed by atoms with van der Waals surface area (Å²) < 4.78 is 35.0. The Balaban J connectivity index is 2.16. The molecular weight excluding hydrogens is 406 g/mol. The number of halogens is 1. The van der Waals surface area contributed by atoms with Gasteiger partial charge >= 0.3 is 11.7 Å². The number of benzene rings is 2. The molecule has 0 amide bonds. The Morgan fingerprint density at radius 1 is 1.07 bits per heavy atom. The van der Waals surface area contributed by atoms with Crippen molar-refractivity contribution in [1.29, 1.82) is 0 Å². The zero-order valence-electron chi connectivity index (χ0n) is 15.4. The molecule has 28 heavy (non-hydrogen) atoms. The van der Waals surface area contributed by atoms with E-state index in [1.165, 1.54) is 52.6 Å². The molecule has 0 atom stereocenters. The fraction of sp³-hybridized carbons (Fsp3) is 0.222. The maximum atomic E-state index is 13.3. The quantitative estimate of drug-likeness (QED) is 0.584. The lowest BCUT2D eigenvalue weighted by molar-refractivity contribution is -0.138. The van der Waals surface area contributed by atoms with Gasteiger partial charge in [0.15, 0.2) is 0 Å². The number of rotatable bonds is 5. The summed E-state index contributed by atoms with van der Waals surface area (Å²) in [6.45, 7) is -0.508. The lowest BCUT2D eigenvalue weighted by Crippen LogP contribution is -2.36. The van der Waals surface area contributed by atoms with Crippen molar-refractivity contribution >= 4 is 44.3 Å². The van der Waals surface area contributed by atoms with Crippen LogP contribution in [-0.2, 0) is 33.7 Å². The number of aryl methyl sites for hydroxylation is 2. The van der Waals surface area contributed by atoms with Gasteiger partial charge in [0.05, 0.1) is 28.7 Å². The van der Waals surface area contributed by atoms with E-state index in [1.807, 2.05) is 0 Å². The Morgan fingerprint density at radius 3 is 2.29 bits per heavy atom. The van der Waals surface area contributed by atoms with Gasteiger partial charge in [-0.2, -0.15) is 0 Å². The number of aromatic nitrogens is 2. The average molecular weight is 424 g/mol. The summed E-state index contributed by atoms with van der Waals surface area (Å²) in [6.07, 6.45) is 0. The number of methoxy groups -OCH3 is 1. The van der Waals surface area contributed by atoms with Crippen LogP contribution in [0.5, 0.6) is 0 Å². The molecule has 0 N–H and O–H groups in total. The molecule has 8 nitrogen and oxygen atoms in total. The molecule has 0 bridgehead atoms. The molecule has 3 rings (SSSR count). The monoisotopic (exact) mass is 423 g/mol. The van der Waals surface area contributed by atoms with Crippen molar-refractivity contribution in [2.24, 2.45) is 14.1 Å². The topological polar surface area (TPSA) is 90.6 Å². The van der Waals surface area contributed by atoms with Gasteiger partial charge in [0.25, 0.3) is 10.0 Å². The predicted octanol–water partition coefficient (Wildman–Crippen LogP) is 1.90. The number of fused-ring (bicyclic) bond motifs is 1. The van der Waals surface area contributed by atoms with E-state index in [4.69, 9.17) is 11.6 Å². The molecule has 0 spiro atoms. The van der Waals surface area contributed by atoms with Crippen molar-refractivity contribution < 1.29 is 17.9 Å². The van der Waals surface area contributed by atoms with Gasteiger partial charge in [-0.25, -0.2) is 13.2 Å². The fourth-order valence-corrected chi connectivity index (χ4v) is 4.43. The molecule has 0 radical (unpaired) electrons. The lowest BCUT2D eigenvalue weighted by Gasteiger charge is -2.23. The van der Waals surface area contributed by atoms with Crippen molar-refractivity contribution in [3.63, 3.8) is 0 Å². The Kier molecular flexibility index (Phi) is 5.22. The molecule has 2 aromatic carbocycles. The number of hydrogen-bond acceptors (Lipinski definition) is 5. The minimum atomic E-state index is -4.12. The number of esters is 1. The highest BCUT2D eigenvalue weighted by molar-refractivity contribution is 7.92. The first-order chi connectivity index (χ1) is 13.2. The van der Waals surface area contributed by atoms with Crippen LogP contribution in [0.25, 0.3) is 11.0 Å². The summed E-state index contributed by atoms with van der Waals surface area (Å²) in [5, 5.41) is 0.430. The van der Waals surface area contributed by atoms with E-state index in [0.29, 0.717) is 16.1 Å². The molecule has 148 valence electrons. The van der Waals surface area contributed by atoms with Crippen LogP contribution in [0.3, 0.4) is 0 Å². The molecule has 3 aromatic rings. The van der Waals surface area contributed by atoms with Crippen molar-refractivity contribution in [2.75, 3.05) is 18.0 Å². The largest absolute Gasteiger partial charge is 0.468 e. The van der Waals surface area contributed by atoms with Gasteiger partial charge in [-0.1, -0.05) is 11.6 Å². The van der Waals surface area contributed by atoms with Gasteiger partial charge in [-0.3, -0.25) is 18.2 Å². The SMILES string of the molecule is COC(=O)CN(c1ccc(Cl)cc1)S(=O)(=O)c1ccc2c(c1)n(C)c(=O)n2C. The van der Waals surface area contributed by atoms with Crippen LogP contribution in [-0.4, -0.2) is 37.2 Å². The summed E-state index contributed by atoms with van der Waals surface area (Å²) in [5.41, 5.74) is 1.05. The number of anilines is 1. The smallest absolute Gasteiger partial charge is 0.328 e. The molecule has 0 unspecified atom stereocenters. The predicted molar refractivity (Wildman–Crippen MR) is 106 cm³/mol. The minimum absolute atomic E-state index is 0.0555. The normalized spacial score (nSPS) is 11.6. The third-order valence-electron chi connectivity index (χ3n) is 4.45. The summed E-state index contributed by atoms with van der Waals surface area (Å²) in [4.78, 5) is 23.9. The van der Waals surface area contributed by atoms with Gasteiger partial charge < -0.3 is 4.74 Å². The highest BCUT2D eigenvalue weighted by atomic mass is 35.5. The van der Waals surface area contributed by atoms with Crippen molar-refractivity contribution in [1.82, 2.24) is 9.13 Å². The number of carbonyl (C=O) groups is 1. The molecule has 0 saturated carbocycles. The van der Waals surface area contributed by atoms with E-state index < -0.39 is 22.5 Å².